The van der Waals surface area contributed by atoms with Crippen LogP contribution < -0.4 is 5.32 Å². The molecule has 1 heterocycles. The molecule has 0 aliphatic carbocycles. The van der Waals surface area contributed by atoms with E-state index in [2.05, 4.69) is 72.6 Å². The molecule has 0 radical (unpaired) electrons. The summed E-state index contributed by atoms with van der Waals surface area (Å²) in [5, 5.41) is 8.28. The van der Waals surface area contributed by atoms with Gasteiger partial charge in [0.05, 0.1) is 15.9 Å². The van der Waals surface area contributed by atoms with Crippen LogP contribution in [0.15, 0.2) is 4.47 Å². The van der Waals surface area contributed by atoms with Gasteiger partial charge in [-0.1, -0.05) is 27.7 Å². The van der Waals surface area contributed by atoms with Gasteiger partial charge in [0.25, 0.3) is 0 Å². The number of halogens is 1. The van der Waals surface area contributed by atoms with E-state index >= 15 is 0 Å². The Morgan fingerprint density at radius 1 is 1.30 bits per heavy atom. The van der Waals surface area contributed by atoms with E-state index in [0.29, 0.717) is 6.04 Å². The number of aromatic nitrogens is 2. The van der Waals surface area contributed by atoms with Gasteiger partial charge in [0.15, 0.2) is 0 Å². The standard InChI is InChI=1S/C16H30BrN3/c1-7-11-18-14(16(4,5)6)10-9-13-15(17)12(3)19-20(13)8-2/h14,18H,7-11H2,1-6H3. The fourth-order valence-corrected chi connectivity index (χ4v) is 3.03. The van der Waals surface area contributed by atoms with Crippen LogP contribution in [0.1, 0.15) is 58.8 Å². The molecule has 0 aliphatic heterocycles. The van der Waals surface area contributed by atoms with Gasteiger partial charge >= 0.3 is 0 Å². The SMILES string of the molecule is CCCNC(CCc1c(Br)c(C)nn1CC)C(C)(C)C. The predicted molar refractivity (Wildman–Crippen MR) is 90.2 cm³/mol. The van der Waals surface area contributed by atoms with Crippen molar-refractivity contribution in [2.45, 2.75) is 73.4 Å². The van der Waals surface area contributed by atoms with Crippen molar-refractivity contribution in [3.63, 3.8) is 0 Å². The Kier molecular flexibility index (Phi) is 6.73. The molecule has 0 saturated heterocycles. The molecule has 20 heavy (non-hydrogen) atoms. The number of aryl methyl sites for hydroxylation is 2. The van der Waals surface area contributed by atoms with Gasteiger partial charge in [-0.2, -0.15) is 5.10 Å². The molecule has 1 aromatic heterocycles. The van der Waals surface area contributed by atoms with Crippen molar-refractivity contribution < 1.29 is 0 Å². The minimum absolute atomic E-state index is 0.285. The normalized spacial score (nSPS) is 13.8. The third-order valence-corrected chi connectivity index (χ3v) is 4.84. The number of nitrogens with one attached hydrogen (secondary N) is 1. The molecular formula is C16H30BrN3. The van der Waals surface area contributed by atoms with E-state index in [1.165, 1.54) is 16.6 Å². The molecule has 0 bridgehead atoms. The van der Waals surface area contributed by atoms with Gasteiger partial charge in [-0.05, 0) is 61.0 Å². The molecule has 116 valence electrons. The van der Waals surface area contributed by atoms with Gasteiger partial charge in [0.2, 0.25) is 0 Å². The van der Waals surface area contributed by atoms with Crippen LogP contribution in [0.25, 0.3) is 0 Å². The van der Waals surface area contributed by atoms with Gasteiger partial charge in [-0.3, -0.25) is 4.68 Å². The lowest BCUT2D eigenvalue weighted by Crippen LogP contribution is -2.41. The Morgan fingerprint density at radius 2 is 1.95 bits per heavy atom. The minimum atomic E-state index is 0.285. The lowest BCUT2D eigenvalue weighted by molar-refractivity contribution is 0.254. The van der Waals surface area contributed by atoms with Crippen LogP contribution in [0.2, 0.25) is 0 Å². The van der Waals surface area contributed by atoms with Crippen LogP contribution >= 0.6 is 15.9 Å². The van der Waals surface area contributed by atoms with Gasteiger partial charge in [0, 0.05) is 12.6 Å². The molecule has 0 aromatic carbocycles. The molecule has 0 amide bonds. The van der Waals surface area contributed by atoms with E-state index in [0.717, 1.165) is 31.6 Å². The Labute approximate surface area is 132 Å². The van der Waals surface area contributed by atoms with E-state index < -0.39 is 0 Å². The lowest BCUT2D eigenvalue weighted by atomic mass is 9.83. The highest BCUT2D eigenvalue weighted by Crippen LogP contribution is 2.27. The zero-order chi connectivity index (χ0) is 15.3. The van der Waals surface area contributed by atoms with E-state index in [1.54, 1.807) is 0 Å². The summed E-state index contributed by atoms with van der Waals surface area (Å²) in [6.45, 7) is 15.4. The largest absolute Gasteiger partial charge is 0.313 e. The molecule has 1 rings (SSSR count). The second-order valence-corrected chi connectivity index (χ2v) is 7.37. The average Bonchev–Trinajstić information content (AvgIpc) is 2.64. The molecule has 0 aliphatic rings. The summed E-state index contributed by atoms with van der Waals surface area (Å²) in [6.07, 6.45) is 3.39. The third-order valence-electron chi connectivity index (χ3n) is 3.81. The van der Waals surface area contributed by atoms with Crippen LogP contribution in [0.4, 0.5) is 0 Å². The maximum Gasteiger partial charge on any atom is 0.0738 e. The van der Waals surface area contributed by atoms with Crippen molar-refractivity contribution in [1.82, 2.24) is 15.1 Å². The van der Waals surface area contributed by atoms with Crippen LogP contribution in [0.3, 0.4) is 0 Å². The molecule has 4 heteroatoms. The lowest BCUT2D eigenvalue weighted by Gasteiger charge is -2.32. The van der Waals surface area contributed by atoms with E-state index in [1.807, 2.05) is 0 Å². The zero-order valence-electron chi connectivity index (χ0n) is 13.9. The highest BCUT2D eigenvalue weighted by molar-refractivity contribution is 9.10. The van der Waals surface area contributed by atoms with Crippen molar-refractivity contribution in [1.29, 1.82) is 0 Å². The Balaban J connectivity index is 2.77. The summed E-state index contributed by atoms with van der Waals surface area (Å²) >= 11 is 3.69. The molecular weight excluding hydrogens is 314 g/mol. The zero-order valence-corrected chi connectivity index (χ0v) is 15.5. The van der Waals surface area contributed by atoms with E-state index in [-0.39, 0.29) is 5.41 Å². The monoisotopic (exact) mass is 343 g/mol. The summed E-state index contributed by atoms with van der Waals surface area (Å²) in [6, 6.07) is 0.537. The Morgan fingerprint density at radius 3 is 2.45 bits per heavy atom. The number of nitrogens with zero attached hydrogens (tertiary/aromatic N) is 2. The number of hydrogen-bond acceptors (Lipinski definition) is 2. The molecule has 0 saturated carbocycles. The Hall–Kier alpha value is -0.350. The van der Waals surface area contributed by atoms with Crippen molar-refractivity contribution in [3.05, 3.63) is 15.9 Å². The van der Waals surface area contributed by atoms with Crippen LogP contribution in [-0.2, 0) is 13.0 Å². The molecule has 0 spiro atoms. The van der Waals surface area contributed by atoms with Gasteiger partial charge < -0.3 is 5.32 Å². The highest BCUT2D eigenvalue weighted by atomic mass is 79.9. The fraction of sp³-hybridized carbons (Fsp3) is 0.812. The summed E-state index contributed by atoms with van der Waals surface area (Å²) in [4.78, 5) is 0. The van der Waals surface area contributed by atoms with E-state index in [9.17, 15) is 0 Å². The molecule has 1 atom stereocenters. The van der Waals surface area contributed by atoms with Crippen molar-refractivity contribution in [3.8, 4) is 0 Å². The van der Waals surface area contributed by atoms with Gasteiger partial charge in [-0.25, -0.2) is 0 Å². The second kappa shape index (κ2) is 7.60. The molecule has 1 aromatic rings. The summed E-state index contributed by atoms with van der Waals surface area (Å²) in [5.74, 6) is 0. The first-order valence-corrected chi connectivity index (χ1v) is 8.55. The van der Waals surface area contributed by atoms with Gasteiger partial charge in [-0.15, -0.1) is 0 Å². The quantitative estimate of drug-likeness (QED) is 0.798. The topological polar surface area (TPSA) is 29.9 Å². The third kappa shape index (κ3) is 4.59. The first-order chi connectivity index (χ1) is 9.31. The molecule has 1 N–H and O–H groups in total. The van der Waals surface area contributed by atoms with E-state index in [4.69, 9.17) is 0 Å². The van der Waals surface area contributed by atoms with Crippen molar-refractivity contribution in [2.75, 3.05) is 6.54 Å². The molecule has 0 fully saturated rings. The average molecular weight is 344 g/mol. The first-order valence-electron chi connectivity index (χ1n) is 7.76. The second-order valence-electron chi connectivity index (χ2n) is 6.57. The Bertz CT molecular complexity index is 418. The molecule has 1 unspecified atom stereocenters. The summed E-state index contributed by atoms with van der Waals surface area (Å²) in [7, 11) is 0. The molecule has 3 nitrogen and oxygen atoms in total. The van der Waals surface area contributed by atoms with Crippen LogP contribution in [0, 0.1) is 12.3 Å². The number of rotatable bonds is 7. The van der Waals surface area contributed by atoms with Crippen molar-refractivity contribution >= 4 is 15.9 Å². The smallest absolute Gasteiger partial charge is 0.0738 e. The summed E-state index contributed by atoms with van der Waals surface area (Å²) in [5.41, 5.74) is 2.71. The van der Waals surface area contributed by atoms with Crippen molar-refractivity contribution in [2.24, 2.45) is 5.41 Å². The van der Waals surface area contributed by atoms with Gasteiger partial charge in [0.1, 0.15) is 0 Å². The minimum Gasteiger partial charge on any atom is -0.313 e. The maximum atomic E-state index is 4.58. The summed E-state index contributed by atoms with van der Waals surface area (Å²) < 4.78 is 3.31. The highest BCUT2D eigenvalue weighted by Gasteiger charge is 2.24. The van der Waals surface area contributed by atoms with Crippen LogP contribution in [0.5, 0.6) is 0 Å². The number of hydrogen-bond donors (Lipinski definition) is 1. The maximum absolute atomic E-state index is 4.58. The first kappa shape index (κ1) is 17.7. The predicted octanol–water partition coefficient (Wildman–Crippen LogP) is 4.32. The fourth-order valence-electron chi connectivity index (χ4n) is 2.55. The van der Waals surface area contributed by atoms with Crippen LogP contribution in [-0.4, -0.2) is 22.4 Å².